The van der Waals surface area contributed by atoms with Gasteiger partial charge in [0.2, 0.25) is 0 Å². The highest BCUT2D eigenvalue weighted by atomic mass is 16.3. The first-order valence-electron chi connectivity index (χ1n) is 13.1. The summed E-state index contributed by atoms with van der Waals surface area (Å²) in [5.41, 5.74) is 1.40. The molecule has 11 atom stereocenters. The van der Waals surface area contributed by atoms with E-state index in [2.05, 4.69) is 31.7 Å². The second-order valence-electron chi connectivity index (χ2n) is 12.8. The molecule has 2 saturated heterocycles. The zero-order valence-electron chi connectivity index (χ0n) is 19.4. The monoisotopic (exact) mass is 413 g/mol. The van der Waals surface area contributed by atoms with Gasteiger partial charge in [0.15, 0.2) is 0 Å². The van der Waals surface area contributed by atoms with Crippen molar-refractivity contribution in [3.8, 4) is 0 Å². The second kappa shape index (κ2) is 6.81. The molecular weight excluding hydrogens is 370 g/mol. The normalized spacial score (nSPS) is 58.0. The van der Waals surface area contributed by atoms with Crippen LogP contribution in [0.25, 0.3) is 0 Å². The zero-order valence-corrected chi connectivity index (χ0v) is 19.4. The molecule has 2 aliphatic heterocycles. The number of fused-ring (bicyclic) bond motifs is 8. The van der Waals surface area contributed by atoms with E-state index < -0.39 is 5.60 Å². The highest BCUT2D eigenvalue weighted by molar-refractivity contribution is 5.26. The molecular formula is C27H43NO2. The Morgan fingerprint density at radius 1 is 0.933 bits per heavy atom. The summed E-state index contributed by atoms with van der Waals surface area (Å²) in [6, 6.07) is 0.390. The van der Waals surface area contributed by atoms with Crippen molar-refractivity contribution in [2.24, 2.45) is 46.8 Å². The molecule has 2 heterocycles. The predicted molar refractivity (Wildman–Crippen MR) is 120 cm³/mol. The van der Waals surface area contributed by atoms with E-state index in [0.29, 0.717) is 23.3 Å². The first kappa shape index (κ1) is 20.2. The smallest absolute Gasteiger partial charge is 0.0805 e. The molecule has 2 N–H and O–H groups in total. The summed E-state index contributed by atoms with van der Waals surface area (Å²) in [7, 11) is 0. The van der Waals surface area contributed by atoms with Gasteiger partial charge in [0.1, 0.15) is 0 Å². The molecule has 6 aliphatic rings. The number of rotatable bonds is 0. The van der Waals surface area contributed by atoms with Crippen LogP contribution in [-0.2, 0) is 0 Å². The molecule has 3 saturated carbocycles. The summed E-state index contributed by atoms with van der Waals surface area (Å²) in [4.78, 5) is 2.71. The van der Waals surface area contributed by atoms with Crippen LogP contribution in [0.3, 0.4) is 0 Å². The largest absolute Gasteiger partial charge is 0.393 e. The van der Waals surface area contributed by atoms with E-state index >= 15 is 0 Å². The Kier molecular flexibility index (Phi) is 4.60. The lowest BCUT2D eigenvalue weighted by Crippen LogP contribution is -2.67. The second-order valence-corrected chi connectivity index (χ2v) is 12.8. The summed E-state index contributed by atoms with van der Waals surface area (Å²) in [5.74, 6) is 5.30. The number of aliphatic hydroxyl groups excluding tert-OH is 1. The van der Waals surface area contributed by atoms with Gasteiger partial charge >= 0.3 is 0 Å². The van der Waals surface area contributed by atoms with Crippen molar-refractivity contribution in [2.75, 3.05) is 13.1 Å². The maximum absolute atomic E-state index is 11.8. The van der Waals surface area contributed by atoms with Gasteiger partial charge in [-0.3, -0.25) is 4.90 Å². The molecule has 0 aromatic rings. The van der Waals surface area contributed by atoms with Crippen LogP contribution in [0.5, 0.6) is 0 Å². The topological polar surface area (TPSA) is 43.7 Å². The molecule has 5 fully saturated rings. The molecule has 3 nitrogen and oxygen atoms in total. The molecule has 168 valence electrons. The van der Waals surface area contributed by atoms with Gasteiger partial charge in [-0.25, -0.2) is 0 Å². The summed E-state index contributed by atoms with van der Waals surface area (Å²) in [5, 5.41) is 22.1. The minimum absolute atomic E-state index is 0.111. The van der Waals surface area contributed by atoms with E-state index in [4.69, 9.17) is 0 Å². The molecule has 0 bridgehead atoms. The molecule has 6 rings (SSSR count). The number of hydrogen-bond donors (Lipinski definition) is 2. The summed E-state index contributed by atoms with van der Waals surface area (Å²) < 4.78 is 0. The van der Waals surface area contributed by atoms with Crippen molar-refractivity contribution in [1.82, 2.24) is 4.90 Å². The maximum Gasteiger partial charge on any atom is 0.0805 e. The van der Waals surface area contributed by atoms with Crippen LogP contribution in [0.1, 0.15) is 78.6 Å². The quantitative estimate of drug-likeness (QED) is 0.569. The Bertz CT molecular complexity index is 730. The third-order valence-electron chi connectivity index (χ3n) is 11.5. The van der Waals surface area contributed by atoms with Crippen molar-refractivity contribution in [3.05, 3.63) is 11.6 Å². The van der Waals surface area contributed by atoms with Gasteiger partial charge in [-0.15, -0.1) is 0 Å². The van der Waals surface area contributed by atoms with Crippen LogP contribution >= 0.6 is 0 Å². The minimum Gasteiger partial charge on any atom is -0.393 e. The molecule has 30 heavy (non-hydrogen) atoms. The van der Waals surface area contributed by atoms with E-state index in [0.717, 1.165) is 42.4 Å². The van der Waals surface area contributed by atoms with Crippen molar-refractivity contribution >= 4 is 0 Å². The lowest BCUT2D eigenvalue weighted by molar-refractivity contribution is -0.175. The van der Waals surface area contributed by atoms with E-state index in [1.807, 2.05) is 0 Å². The maximum atomic E-state index is 11.8. The van der Waals surface area contributed by atoms with Crippen LogP contribution in [0.4, 0.5) is 0 Å². The number of hydrogen-bond acceptors (Lipinski definition) is 3. The molecule has 0 radical (unpaired) electrons. The van der Waals surface area contributed by atoms with E-state index in [1.54, 1.807) is 5.57 Å². The van der Waals surface area contributed by atoms with Gasteiger partial charge in [0, 0.05) is 19.1 Å². The number of aliphatic hydroxyl groups is 2. The van der Waals surface area contributed by atoms with Gasteiger partial charge in [0.25, 0.3) is 0 Å². The highest BCUT2D eigenvalue weighted by Crippen LogP contribution is 2.66. The Labute approximate surface area is 183 Å². The molecule has 0 unspecified atom stereocenters. The van der Waals surface area contributed by atoms with Crippen molar-refractivity contribution in [1.29, 1.82) is 0 Å². The average molecular weight is 414 g/mol. The van der Waals surface area contributed by atoms with Crippen molar-refractivity contribution in [3.63, 3.8) is 0 Å². The number of allylic oxidation sites excluding steroid dienone is 1. The fraction of sp³-hybridized carbons (Fsp3) is 0.926. The average Bonchev–Trinajstić information content (AvgIpc) is 3.09. The van der Waals surface area contributed by atoms with Crippen LogP contribution in [0, 0.1) is 46.8 Å². The van der Waals surface area contributed by atoms with Gasteiger partial charge in [0.05, 0.1) is 11.7 Å². The van der Waals surface area contributed by atoms with Crippen LogP contribution in [0.2, 0.25) is 0 Å². The van der Waals surface area contributed by atoms with Crippen molar-refractivity contribution < 1.29 is 10.2 Å². The summed E-state index contributed by atoms with van der Waals surface area (Å²) in [6.45, 7) is 9.57. The molecule has 0 aromatic heterocycles. The van der Waals surface area contributed by atoms with Crippen LogP contribution < -0.4 is 0 Å². The molecule has 0 amide bonds. The molecule has 0 aromatic carbocycles. The SMILES string of the molecule is C[C@H]1CC[C@H]2N(C1)C[C@H]1[C@@H]3C[C@H]4[C@@H](CC=C5C[C@H](O)CC[C@@]54C)[C@@H]3CC[C@@H]1[C@]2(C)O. The lowest BCUT2D eigenvalue weighted by atomic mass is 9.56. The van der Waals surface area contributed by atoms with E-state index in [1.165, 1.54) is 58.0 Å². The first-order valence-corrected chi connectivity index (χ1v) is 13.1. The molecule has 3 heteroatoms. The Morgan fingerprint density at radius 3 is 2.60 bits per heavy atom. The first-order chi connectivity index (χ1) is 14.3. The lowest BCUT2D eigenvalue weighted by Gasteiger charge is -2.59. The van der Waals surface area contributed by atoms with E-state index in [-0.39, 0.29) is 6.10 Å². The minimum atomic E-state index is -0.510. The summed E-state index contributed by atoms with van der Waals surface area (Å²) >= 11 is 0. The number of piperidine rings is 2. The zero-order chi connectivity index (χ0) is 20.8. The van der Waals surface area contributed by atoms with Gasteiger partial charge in [-0.1, -0.05) is 25.5 Å². The van der Waals surface area contributed by atoms with E-state index in [9.17, 15) is 10.2 Å². The standard InChI is InChI=1S/C27H43NO2/c1-16-4-9-25-27(3,30)23-8-7-19-20-6-5-17-12-18(29)10-11-26(17,2)24(20)13-21(19)22(23)15-28(25)14-16/h5,16,18-25,29-30H,4,6-15H2,1-3H3/t16-,18+,19-,20-,21+,22-,23-,24-,25+,26-,27-/m0/s1. The highest BCUT2D eigenvalue weighted by Gasteiger charge is 2.62. The fourth-order valence-corrected chi connectivity index (χ4v) is 9.98. The van der Waals surface area contributed by atoms with Crippen LogP contribution in [0.15, 0.2) is 11.6 Å². The van der Waals surface area contributed by atoms with Crippen molar-refractivity contribution in [2.45, 2.75) is 96.3 Å². The Hall–Kier alpha value is -0.380. The fourth-order valence-electron chi connectivity index (χ4n) is 9.98. The Morgan fingerprint density at radius 2 is 1.77 bits per heavy atom. The Balaban J connectivity index is 1.30. The molecule has 4 aliphatic carbocycles. The third-order valence-corrected chi connectivity index (χ3v) is 11.5. The van der Waals surface area contributed by atoms with Gasteiger partial charge in [-0.05, 0) is 112 Å². The summed E-state index contributed by atoms with van der Waals surface area (Å²) in [6.07, 6.45) is 13.2. The number of nitrogens with zero attached hydrogens (tertiary/aromatic N) is 1. The molecule has 0 spiro atoms. The van der Waals surface area contributed by atoms with Gasteiger partial charge in [-0.2, -0.15) is 0 Å². The van der Waals surface area contributed by atoms with Gasteiger partial charge < -0.3 is 10.2 Å². The third kappa shape index (κ3) is 2.73. The van der Waals surface area contributed by atoms with Crippen LogP contribution in [-0.4, -0.2) is 45.9 Å². The predicted octanol–water partition coefficient (Wildman–Crippen LogP) is 4.63.